The first-order valence-corrected chi connectivity index (χ1v) is 8.91. The minimum absolute atomic E-state index is 0.143. The number of guanidine groups is 1. The third kappa shape index (κ3) is 6.18. The van der Waals surface area contributed by atoms with Crippen molar-refractivity contribution in [3.05, 3.63) is 58.6 Å². The van der Waals surface area contributed by atoms with Crippen molar-refractivity contribution in [3.63, 3.8) is 0 Å². The summed E-state index contributed by atoms with van der Waals surface area (Å²) in [5, 5.41) is 6.83. The summed E-state index contributed by atoms with van der Waals surface area (Å²) in [6.45, 7) is 2.71. The number of hydrogen-bond donors (Lipinski definition) is 2. The van der Waals surface area contributed by atoms with E-state index < -0.39 is 0 Å². The number of halogens is 1. The van der Waals surface area contributed by atoms with Crippen molar-refractivity contribution in [1.82, 2.24) is 10.2 Å². The molecule has 0 spiro atoms. The van der Waals surface area contributed by atoms with Gasteiger partial charge in [0.1, 0.15) is 5.75 Å². The molecule has 0 saturated heterocycles. The molecule has 0 saturated carbocycles. The van der Waals surface area contributed by atoms with E-state index in [1.165, 1.54) is 6.92 Å². The number of rotatable bonds is 6. The van der Waals surface area contributed by atoms with Crippen LogP contribution in [-0.2, 0) is 17.9 Å². The summed E-state index contributed by atoms with van der Waals surface area (Å²) in [5.74, 6) is 1.23. The number of nitrogens with one attached hydrogen (secondary N) is 2. The quantitative estimate of drug-likeness (QED) is 0.587. The average molecular weight is 389 g/mol. The van der Waals surface area contributed by atoms with Crippen molar-refractivity contribution in [1.29, 1.82) is 0 Å². The van der Waals surface area contributed by atoms with Gasteiger partial charge >= 0.3 is 0 Å². The fourth-order valence-electron chi connectivity index (χ4n) is 2.70. The lowest BCUT2D eigenvalue weighted by Gasteiger charge is -2.22. The van der Waals surface area contributed by atoms with Gasteiger partial charge in [-0.15, -0.1) is 0 Å². The Kier molecular flexibility index (Phi) is 7.49. The molecule has 0 fully saturated rings. The summed E-state index contributed by atoms with van der Waals surface area (Å²) in [6, 6.07) is 13.4. The predicted octanol–water partition coefficient (Wildman–Crippen LogP) is 3.51. The van der Waals surface area contributed by atoms with E-state index in [-0.39, 0.29) is 5.91 Å². The molecule has 0 aliphatic carbocycles. The van der Waals surface area contributed by atoms with Crippen LogP contribution in [0.3, 0.4) is 0 Å². The Morgan fingerprint density at radius 3 is 2.63 bits per heavy atom. The van der Waals surface area contributed by atoms with Crippen molar-refractivity contribution < 1.29 is 9.53 Å². The van der Waals surface area contributed by atoms with E-state index in [9.17, 15) is 4.79 Å². The van der Waals surface area contributed by atoms with Crippen LogP contribution in [0.25, 0.3) is 0 Å². The Morgan fingerprint density at radius 2 is 2.00 bits per heavy atom. The lowest BCUT2D eigenvalue weighted by molar-refractivity contribution is -0.114. The van der Waals surface area contributed by atoms with E-state index in [0.29, 0.717) is 29.5 Å². The van der Waals surface area contributed by atoms with Gasteiger partial charge in [-0.2, -0.15) is 0 Å². The zero-order valence-corrected chi connectivity index (χ0v) is 16.8. The van der Waals surface area contributed by atoms with Crippen molar-refractivity contribution in [2.45, 2.75) is 20.0 Å². The fraction of sp³-hybridized carbons (Fsp3) is 0.300. The number of methoxy groups -OCH3 is 1. The molecule has 0 bridgehead atoms. The lowest BCUT2D eigenvalue weighted by Crippen LogP contribution is -2.38. The van der Waals surface area contributed by atoms with Gasteiger partial charge in [-0.05, 0) is 35.4 Å². The minimum atomic E-state index is -0.143. The van der Waals surface area contributed by atoms with Crippen LogP contribution in [0.4, 0.5) is 5.69 Å². The maximum absolute atomic E-state index is 11.4. The molecule has 6 nitrogen and oxygen atoms in total. The fourth-order valence-corrected chi connectivity index (χ4v) is 2.92. The number of carbonyl (C=O) groups is 1. The van der Waals surface area contributed by atoms with Gasteiger partial charge in [0.2, 0.25) is 5.91 Å². The SMILES string of the molecule is CN=C(NCc1ccc(OC)c(NC(C)=O)c1)N(C)Cc1cccc(Cl)c1. The molecule has 0 aromatic heterocycles. The molecule has 2 rings (SSSR count). The minimum Gasteiger partial charge on any atom is -0.495 e. The predicted molar refractivity (Wildman–Crippen MR) is 110 cm³/mol. The van der Waals surface area contributed by atoms with Crippen LogP contribution in [-0.4, -0.2) is 38.0 Å². The smallest absolute Gasteiger partial charge is 0.221 e. The van der Waals surface area contributed by atoms with Crippen LogP contribution in [0.1, 0.15) is 18.1 Å². The monoisotopic (exact) mass is 388 g/mol. The van der Waals surface area contributed by atoms with Gasteiger partial charge in [0.05, 0.1) is 12.8 Å². The second-order valence-corrected chi connectivity index (χ2v) is 6.54. The molecule has 2 aromatic carbocycles. The highest BCUT2D eigenvalue weighted by molar-refractivity contribution is 6.30. The summed E-state index contributed by atoms with van der Waals surface area (Å²) >= 11 is 6.05. The highest BCUT2D eigenvalue weighted by Gasteiger charge is 2.09. The maximum atomic E-state index is 11.4. The van der Waals surface area contributed by atoms with Crippen LogP contribution in [0.5, 0.6) is 5.75 Å². The normalized spacial score (nSPS) is 11.1. The van der Waals surface area contributed by atoms with Crippen LogP contribution in [0.15, 0.2) is 47.5 Å². The Labute approximate surface area is 165 Å². The van der Waals surface area contributed by atoms with Gasteiger partial charge in [0.15, 0.2) is 5.96 Å². The van der Waals surface area contributed by atoms with Gasteiger partial charge in [-0.1, -0.05) is 29.8 Å². The highest BCUT2D eigenvalue weighted by Crippen LogP contribution is 2.25. The number of aliphatic imine (C=N–C) groups is 1. The van der Waals surface area contributed by atoms with E-state index in [4.69, 9.17) is 16.3 Å². The number of ether oxygens (including phenoxy) is 1. The summed E-state index contributed by atoms with van der Waals surface area (Å²) in [5.41, 5.74) is 2.74. The largest absolute Gasteiger partial charge is 0.495 e. The standard InChI is InChI=1S/C20H25ClN4O2/c1-14(26)24-18-11-15(8-9-19(18)27-4)12-23-20(22-2)25(3)13-16-6-5-7-17(21)10-16/h5-11H,12-13H2,1-4H3,(H,22,23)(H,24,26). The third-order valence-corrected chi connectivity index (χ3v) is 4.14. The molecule has 144 valence electrons. The van der Waals surface area contributed by atoms with Crippen molar-refractivity contribution in [2.75, 3.05) is 26.5 Å². The van der Waals surface area contributed by atoms with Gasteiger partial charge in [0.25, 0.3) is 0 Å². The van der Waals surface area contributed by atoms with Crippen LogP contribution < -0.4 is 15.4 Å². The first-order valence-electron chi connectivity index (χ1n) is 8.53. The van der Waals surface area contributed by atoms with Crippen molar-refractivity contribution >= 4 is 29.2 Å². The number of amides is 1. The van der Waals surface area contributed by atoms with Gasteiger partial charge < -0.3 is 20.3 Å². The third-order valence-electron chi connectivity index (χ3n) is 3.91. The number of hydrogen-bond acceptors (Lipinski definition) is 3. The molecule has 0 aliphatic rings. The molecule has 0 atom stereocenters. The first kappa shape index (κ1) is 20.6. The van der Waals surface area contributed by atoms with E-state index in [1.54, 1.807) is 14.2 Å². The number of carbonyl (C=O) groups excluding carboxylic acids is 1. The lowest BCUT2D eigenvalue weighted by atomic mass is 10.2. The van der Waals surface area contributed by atoms with E-state index in [2.05, 4.69) is 15.6 Å². The first-order chi connectivity index (χ1) is 12.9. The Bertz CT molecular complexity index is 823. The summed E-state index contributed by atoms with van der Waals surface area (Å²) in [6.07, 6.45) is 0. The van der Waals surface area contributed by atoms with Crippen LogP contribution >= 0.6 is 11.6 Å². The van der Waals surface area contributed by atoms with E-state index in [0.717, 1.165) is 17.1 Å². The zero-order valence-electron chi connectivity index (χ0n) is 16.0. The van der Waals surface area contributed by atoms with E-state index in [1.807, 2.05) is 54.4 Å². The maximum Gasteiger partial charge on any atom is 0.221 e. The van der Waals surface area contributed by atoms with Crippen LogP contribution in [0, 0.1) is 0 Å². The van der Waals surface area contributed by atoms with Gasteiger partial charge in [-0.25, -0.2) is 0 Å². The van der Waals surface area contributed by atoms with Crippen LogP contribution in [0.2, 0.25) is 5.02 Å². The summed E-state index contributed by atoms with van der Waals surface area (Å²) in [4.78, 5) is 17.7. The Balaban J connectivity index is 2.03. The van der Waals surface area contributed by atoms with Gasteiger partial charge in [0, 0.05) is 39.1 Å². The molecule has 2 N–H and O–H groups in total. The molecule has 0 aliphatic heterocycles. The molecule has 1 amide bonds. The summed E-state index contributed by atoms with van der Waals surface area (Å²) < 4.78 is 5.28. The topological polar surface area (TPSA) is 66.0 Å². The second-order valence-electron chi connectivity index (χ2n) is 6.10. The highest BCUT2D eigenvalue weighted by atomic mass is 35.5. The van der Waals surface area contributed by atoms with Crippen molar-refractivity contribution in [3.8, 4) is 5.75 Å². The molecule has 0 radical (unpaired) electrons. The molecular weight excluding hydrogens is 364 g/mol. The Morgan fingerprint density at radius 1 is 1.22 bits per heavy atom. The van der Waals surface area contributed by atoms with Crippen molar-refractivity contribution in [2.24, 2.45) is 4.99 Å². The second kappa shape index (κ2) is 9.83. The number of nitrogens with zero attached hydrogens (tertiary/aromatic N) is 2. The molecule has 2 aromatic rings. The molecule has 0 heterocycles. The summed E-state index contributed by atoms with van der Waals surface area (Å²) in [7, 11) is 5.28. The molecule has 27 heavy (non-hydrogen) atoms. The molecular formula is C20H25ClN4O2. The van der Waals surface area contributed by atoms with E-state index >= 15 is 0 Å². The average Bonchev–Trinajstić information content (AvgIpc) is 2.62. The number of benzene rings is 2. The Hall–Kier alpha value is -2.73. The van der Waals surface area contributed by atoms with Gasteiger partial charge in [-0.3, -0.25) is 9.79 Å². The zero-order chi connectivity index (χ0) is 19.8. The number of anilines is 1. The molecule has 0 unspecified atom stereocenters. The molecule has 7 heteroatoms.